The van der Waals surface area contributed by atoms with E-state index >= 15 is 0 Å². The Morgan fingerprint density at radius 1 is 1.32 bits per heavy atom. The van der Waals surface area contributed by atoms with Crippen molar-refractivity contribution in [3.05, 3.63) is 54.0 Å². The molecule has 1 atom stereocenters. The van der Waals surface area contributed by atoms with Crippen LogP contribution in [-0.2, 0) is 6.54 Å². The lowest BCUT2D eigenvalue weighted by molar-refractivity contribution is 0.105. The monoisotopic (exact) mass is 261 g/mol. The van der Waals surface area contributed by atoms with Gasteiger partial charge in [0.2, 0.25) is 0 Å². The summed E-state index contributed by atoms with van der Waals surface area (Å²) in [5.41, 5.74) is 1.14. The van der Waals surface area contributed by atoms with Crippen molar-refractivity contribution < 1.29 is 14.3 Å². The van der Waals surface area contributed by atoms with Crippen LogP contribution in [0.5, 0.6) is 5.75 Å². The van der Waals surface area contributed by atoms with Crippen LogP contribution in [0.15, 0.2) is 47.1 Å². The molecule has 0 saturated heterocycles. The number of furan rings is 1. The van der Waals surface area contributed by atoms with Crippen LogP contribution in [0.4, 0.5) is 0 Å². The molecule has 1 heterocycles. The summed E-state index contributed by atoms with van der Waals surface area (Å²) < 4.78 is 10.7. The molecule has 0 spiro atoms. The highest BCUT2D eigenvalue weighted by Crippen LogP contribution is 2.12. The molecular formula is C15H19NO3. The molecule has 0 aliphatic rings. The van der Waals surface area contributed by atoms with Crippen LogP contribution in [0.2, 0.25) is 0 Å². The number of aliphatic hydroxyl groups excluding tert-OH is 1. The predicted molar refractivity (Wildman–Crippen MR) is 73.1 cm³/mol. The van der Waals surface area contributed by atoms with Gasteiger partial charge in [0, 0.05) is 6.54 Å². The summed E-state index contributed by atoms with van der Waals surface area (Å²) in [6, 6.07) is 11.5. The lowest BCUT2D eigenvalue weighted by Crippen LogP contribution is -2.31. The topological polar surface area (TPSA) is 54.6 Å². The van der Waals surface area contributed by atoms with Crippen molar-refractivity contribution in [1.82, 2.24) is 5.32 Å². The second kappa shape index (κ2) is 6.97. The van der Waals surface area contributed by atoms with Gasteiger partial charge in [0.15, 0.2) is 0 Å². The molecule has 102 valence electrons. The van der Waals surface area contributed by atoms with Gasteiger partial charge >= 0.3 is 0 Å². The smallest absolute Gasteiger partial charge is 0.119 e. The molecule has 19 heavy (non-hydrogen) atoms. The fourth-order valence-corrected chi connectivity index (χ4v) is 1.73. The van der Waals surface area contributed by atoms with Crippen LogP contribution in [0.3, 0.4) is 0 Å². The van der Waals surface area contributed by atoms with Crippen LogP contribution >= 0.6 is 0 Å². The Balaban J connectivity index is 1.65. The molecule has 0 bridgehead atoms. The molecule has 4 nitrogen and oxygen atoms in total. The molecule has 0 fully saturated rings. The maximum absolute atomic E-state index is 9.79. The second-order valence-corrected chi connectivity index (χ2v) is 4.49. The molecule has 1 unspecified atom stereocenters. The molecule has 2 N–H and O–H groups in total. The third kappa shape index (κ3) is 4.77. The summed E-state index contributed by atoms with van der Waals surface area (Å²) in [5, 5.41) is 12.9. The highest BCUT2D eigenvalue weighted by molar-refractivity contribution is 5.27. The van der Waals surface area contributed by atoms with Gasteiger partial charge in [-0.15, -0.1) is 0 Å². The van der Waals surface area contributed by atoms with Crippen molar-refractivity contribution in [2.45, 2.75) is 19.6 Å². The number of rotatable bonds is 7. The van der Waals surface area contributed by atoms with Crippen molar-refractivity contribution in [1.29, 1.82) is 0 Å². The van der Waals surface area contributed by atoms with E-state index in [-0.39, 0.29) is 6.61 Å². The minimum absolute atomic E-state index is 0.272. The van der Waals surface area contributed by atoms with E-state index in [1.165, 1.54) is 0 Å². The summed E-state index contributed by atoms with van der Waals surface area (Å²) in [4.78, 5) is 0. The van der Waals surface area contributed by atoms with E-state index in [1.54, 1.807) is 6.26 Å². The Morgan fingerprint density at radius 2 is 2.21 bits per heavy atom. The van der Waals surface area contributed by atoms with Crippen LogP contribution < -0.4 is 10.1 Å². The van der Waals surface area contributed by atoms with Gasteiger partial charge in [0.25, 0.3) is 0 Å². The first kappa shape index (κ1) is 13.6. The fraction of sp³-hybridized carbons (Fsp3) is 0.333. The Hall–Kier alpha value is -1.78. The number of nitrogens with one attached hydrogen (secondary N) is 1. The van der Waals surface area contributed by atoms with E-state index in [0.717, 1.165) is 17.1 Å². The summed E-state index contributed by atoms with van der Waals surface area (Å²) in [5.74, 6) is 1.64. The van der Waals surface area contributed by atoms with Gasteiger partial charge in [0.05, 0.1) is 12.8 Å². The Bertz CT molecular complexity index is 482. The average molecular weight is 261 g/mol. The van der Waals surface area contributed by atoms with E-state index in [2.05, 4.69) is 5.32 Å². The van der Waals surface area contributed by atoms with Gasteiger partial charge in [-0.1, -0.05) is 12.1 Å². The van der Waals surface area contributed by atoms with E-state index in [0.29, 0.717) is 13.1 Å². The normalized spacial score (nSPS) is 12.3. The average Bonchev–Trinajstić information content (AvgIpc) is 2.90. The zero-order valence-electron chi connectivity index (χ0n) is 11.0. The summed E-state index contributed by atoms with van der Waals surface area (Å²) in [6.45, 7) is 3.35. The molecule has 0 aliphatic heterocycles. The van der Waals surface area contributed by atoms with Gasteiger partial charge in [-0.25, -0.2) is 0 Å². The van der Waals surface area contributed by atoms with E-state index < -0.39 is 6.10 Å². The highest BCUT2D eigenvalue weighted by atomic mass is 16.5. The number of aliphatic hydroxyl groups is 1. The quantitative estimate of drug-likeness (QED) is 0.801. The summed E-state index contributed by atoms with van der Waals surface area (Å²) >= 11 is 0. The number of ether oxygens (including phenoxy) is 1. The predicted octanol–water partition coefficient (Wildman–Crippen LogP) is 2.12. The van der Waals surface area contributed by atoms with Crippen molar-refractivity contribution in [3.63, 3.8) is 0 Å². The Kier molecular flexibility index (Phi) is 5.01. The Labute approximate surface area is 113 Å². The largest absolute Gasteiger partial charge is 0.491 e. The zero-order valence-corrected chi connectivity index (χ0v) is 11.0. The lowest BCUT2D eigenvalue weighted by atomic mass is 10.2. The van der Waals surface area contributed by atoms with Gasteiger partial charge in [0.1, 0.15) is 24.2 Å². The van der Waals surface area contributed by atoms with Crippen molar-refractivity contribution >= 4 is 0 Å². The molecular weight excluding hydrogens is 242 g/mol. The minimum atomic E-state index is -0.546. The van der Waals surface area contributed by atoms with Crippen LogP contribution in [0, 0.1) is 6.92 Å². The summed E-state index contributed by atoms with van der Waals surface area (Å²) in [7, 11) is 0. The Morgan fingerprint density at radius 3 is 2.95 bits per heavy atom. The van der Waals surface area contributed by atoms with Crippen molar-refractivity contribution in [2.24, 2.45) is 0 Å². The molecule has 0 radical (unpaired) electrons. The van der Waals surface area contributed by atoms with E-state index in [9.17, 15) is 5.11 Å². The zero-order chi connectivity index (χ0) is 13.5. The minimum Gasteiger partial charge on any atom is -0.491 e. The first-order valence-corrected chi connectivity index (χ1v) is 6.34. The third-order valence-corrected chi connectivity index (χ3v) is 2.69. The molecule has 2 rings (SSSR count). The van der Waals surface area contributed by atoms with Gasteiger partial charge < -0.3 is 19.6 Å². The maximum atomic E-state index is 9.79. The van der Waals surface area contributed by atoms with Crippen LogP contribution in [-0.4, -0.2) is 24.4 Å². The second-order valence-electron chi connectivity index (χ2n) is 4.49. The molecule has 1 aromatic heterocycles. The lowest BCUT2D eigenvalue weighted by Gasteiger charge is -2.13. The highest BCUT2D eigenvalue weighted by Gasteiger charge is 2.05. The molecule has 0 amide bonds. The van der Waals surface area contributed by atoms with Gasteiger partial charge in [-0.2, -0.15) is 0 Å². The SMILES string of the molecule is Cc1cccc(OCC(O)CNCc2ccco2)c1. The molecule has 0 saturated carbocycles. The van der Waals surface area contributed by atoms with E-state index in [1.807, 2.05) is 43.3 Å². The van der Waals surface area contributed by atoms with Crippen LogP contribution in [0.25, 0.3) is 0 Å². The number of benzene rings is 1. The maximum Gasteiger partial charge on any atom is 0.119 e. The van der Waals surface area contributed by atoms with E-state index in [4.69, 9.17) is 9.15 Å². The number of hydrogen-bond acceptors (Lipinski definition) is 4. The van der Waals surface area contributed by atoms with Crippen molar-refractivity contribution in [3.8, 4) is 5.75 Å². The molecule has 4 heteroatoms. The van der Waals surface area contributed by atoms with Crippen molar-refractivity contribution in [2.75, 3.05) is 13.2 Å². The molecule has 2 aromatic rings. The molecule has 1 aromatic carbocycles. The fourth-order valence-electron chi connectivity index (χ4n) is 1.73. The number of hydrogen-bond donors (Lipinski definition) is 2. The summed E-state index contributed by atoms with van der Waals surface area (Å²) in [6.07, 6.45) is 1.09. The standard InChI is InChI=1S/C15H19NO3/c1-12-4-2-5-14(8-12)19-11-13(17)9-16-10-15-6-3-7-18-15/h2-8,13,16-17H,9-11H2,1H3. The molecule has 0 aliphatic carbocycles. The first-order chi connectivity index (χ1) is 9.24. The van der Waals surface area contributed by atoms with Gasteiger partial charge in [-0.3, -0.25) is 0 Å². The first-order valence-electron chi connectivity index (χ1n) is 6.34. The van der Waals surface area contributed by atoms with Gasteiger partial charge in [-0.05, 0) is 36.8 Å². The number of aryl methyl sites for hydroxylation is 1. The third-order valence-electron chi connectivity index (χ3n) is 2.69. The van der Waals surface area contributed by atoms with Crippen LogP contribution in [0.1, 0.15) is 11.3 Å².